The van der Waals surface area contributed by atoms with Crippen LogP contribution in [0.3, 0.4) is 0 Å². The fraction of sp³-hybridized carbons (Fsp3) is 0.273. The van der Waals surface area contributed by atoms with Crippen LogP contribution in [0.1, 0.15) is 18.1 Å². The number of hydroxylamine groups is 1. The van der Waals surface area contributed by atoms with Crippen LogP contribution in [0.4, 0.5) is 19.3 Å². The van der Waals surface area contributed by atoms with Gasteiger partial charge in [-0.2, -0.15) is 0 Å². The number of amides is 2. The van der Waals surface area contributed by atoms with Gasteiger partial charge in [-0.25, -0.2) is 19.1 Å². The number of benzene rings is 2. The minimum atomic E-state index is -1.02. The zero-order valence-electron chi connectivity index (χ0n) is 17.7. The maximum absolute atomic E-state index is 13.9. The molecule has 2 amide bonds. The van der Waals surface area contributed by atoms with E-state index < -0.39 is 35.8 Å². The average molecular weight is 466 g/mol. The van der Waals surface area contributed by atoms with Crippen LogP contribution >= 0.6 is 0 Å². The molecule has 9 nitrogen and oxygen atoms in total. The lowest BCUT2D eigenvalue weighted by atomic mass is 10.0. The van der Waals surface area contributed by atoms with Crippen molar-refractivity contribution in [3.05, 3.63) is 71.8 Å². The number of anilines is 1. The summed E-state index contributed by atoms with van der Waals surface area (Å²) >= 11 is 0. The van der Waals surface area contributed by atoms with Gasteiger partial charge < -0.3 is 19.3 Å². The van der Waals surface area contributed by atoms with E-state index in [4.69, 9.17) is 24.5 Å². The number of hydrogen-bond donors (Lipinski definition) is 4. The molecule has 11 heteroatoms. The number of rotatable bonds is 11. The Labute approximate surface area is 188 Å². The van der Waals surface area contributed by atoms with E-state index in [0.29, 0.717) is 17.4 Å². The molecule has 0 aliphatic carbocycles. The second kappa shape index (κ2) is 13.1. The van der Waals surface area contributed by atoms with Gasteiger partial charge in [0, 0.05) is 19.3 Å². The summed E-state index contributed by atoms with van der Waals surface area (Å²) in [6, 6.07) is 9.07. The second-order valence-electron chi connectivity index (χ2n) is 6.60. The van der Waals surface area contributed by atoms with Crippen molar-refractivity contribution in [1.82, 2.24) is 5.48 Å². The van der Waals surface area contributed by atoms with Gasteiger partial charge in [0.1, 0.15) is 30.1 Å². The summed E-state index contributed by atoms with van der Waals surface area (Å²) in [6.45, 7) is -0.0591. The van der Waals surface area contributed by atoms with E-state index in [9.17, 15) is 18.4 Å². The highest BCUT2D eigenvalue weighted by Crippen LogP contribution is 2.28. The van der Waals surface area contributed by atoms with Gasteiger partial charge in [0.05, 0.1) is 12.3 Å². The molecule has 33 heavy (non-hydrogen) atoms. The maximum Gasteiger partial charge on any atom is 0.412 e. The Balaban J connectivity index is 2.23. The average Bonchev–Trinajstić information content (AvgIpc) is 2.81. The second-order valence-corrected chi connectivity index (χ2v) is 6.60. The monoisotopic (exact) mass is 466 g/mol. The quantitative estimate of drug-likeness (QED) is 0.228. The van der Waals surface area contributed by atoms with Crippen LogP contribution in [-0.4, -0.2) is 48.7 Å². The van der Waals surface area contributed by atoms with E-state index in [1.54, 1.807) is 24.3 Å². The SMILES string of the molecule is CO[C@H](C/C=C/C(=O)NO)[C@H](OC(=O)Nc1ccc(F)cc1F)c1ccc(OCCO)cc1. The van der Waals surface area contributed by atoms with E-state index in [2.05, 4.69) is 5.32 Å². The summed E-state index contributed by atoms with van der Waals surface area (Å²) in [5.74, 6) is -2.06. The van der Waals surface area contributed by atoms with E-state index >= 15 is 0 Å². The van der Waals surface area contributed by atoms with E-state index in [1.807, 2.05) is 0 Å². The van der Waals surface area contributed by atoms with Gasteiger partial charge in [-0.15, -0.1) is 0 Å². The third-order valence-electron chi connectivity index (χ3n) is 4.36. The molecule has 0 aliphatic heterocycles. The zero-order chi connectivity index (χ0) is 24.2. The van der Waals surface area contributed by atoms with Gasteiger partial charge in [-0.1, -0.05) is 18.2 Å². The van der Waals surface area contributed by atoms with E-state index in [-0.39, 0.29) is 25.3 Å². The molecule has 2 atom stereocenters. The van der Waals surface area contributed by atoms with Crippen molar-refractivity contribution in [2.24, 2.45) is 0 Å². The number of ether oxygens (including phenoxy) is 3. The van der Waals surface area contributed by atoms with Crippen molar-refractivity contribution < 1.29 is 42.9 Å². The van der Waals surface area contributed by atoms with E-state index in [1.165, 1.54) is 18.7 Å². The van der Waals surface area contributed by atoms with Crippen LogP contribution in [0.2, 0.25) is 0 Å². The molecule has 0 radical (unpaired) electrons. The van der Waals surface area contributed by atoms with Gasteiger partial charge >= 0.3 is 6.09 Å². The molecule has 0 saturated heterocycles. The Hall–Kier alpha value is -3.54. The maximum atomic E-state index is 13.9. The molecule has 0 saturated carbocycles. The lowest BCUT2D eigenvalue weighted by molar-refractivity contribution is -0.124. The highest BCUT2D eigenvalue weighted by Gasteiger charge is 2.27. The van der Waals surface area contributed by atoms with Gasteiger partial charge in [0.2, 0.25) is 0 Å². The minimum absolute atomic E-state index is 0.101. The molecule has 2 aromatic rings. The number of halogens is 2. The molecule has 2 aromatic carbocycles. The number of aliphatic hydroxyl groups is 1. The van der Waals surface area contributed by atoms with Crippen LogP contribution in [0.15, 0.2) is 54.6 Å². The predicted octanol–water partition coefficient (Wildman–Crippen LogP) is 3.09. The number of methoxy groups -OCH3 is 1. The minimum Gasteiger partial charge on any atom is -0.491 e. The number of aliphatic hydroxyl groups excluding tert-OH is 1. The lowest BCUT2D eigenvalue weighted by Crippen LogP contribution is -2.28. The first kappa shape index (κ1) is 25.7. The highest BCUT2D eigenvalue weighted by atomic mass is 19.1. The summed E-state index contributed by atoms with van der Waals surface area (Å²) < 4.78 is 43.2. The lowest BCUT2D eigenvalue weighted by Gasteiger charge is -2.26. The van der Waals surface area contributed by atoms with Crippen molar-refractivity contribution in [2.45, 2.75) is 18.6 Å². The molecule has 0 bridgehead atoms. The fourth-order valence-corrected chi connectivity index (χ4v) is 2.81. The molecular formula is C22H24F2N2O7. The molecule has 4 N–H and O–H groups in total. The van der Waals surface area contributed by atoms with Gasteiger partial charge in [-0.3, -0.25) is 15.3 Å². The Morgan fingerprint density at radius 1 is 1.15 bits per heavy atom. The molecule has 0 unspecified atom stereocenters. The molecule has 0 spiro atoms. The van der Waals surface area contributed by atoms with Crippen LogP contribution in [0.25, 0.3) is 0 Å². The first-order valence-corrected chi connectivity index (χ1v) is 9.77. The summed E-state index contributed by atoms with van der Waals surface area (Å²) in [6.07, 6.45) is -0.219. The van der Waals surface area contributed by atoms with Crippen molar-refractivity contribution in [3.63, 3.8) is 0 Å². The molecule has 0 aliphatic rings. The predicted molar refractivity (Wildman–Crippen MR) is 113 cm³/mol. The van der Waals surface area contributed by atoms with Gasteiger partial charge in [-0.05, 0) is 36.2 Å². The van der Waals surface area contributed by atoms with Crippen LogP contribution in [0, 0.1) is 11.6 Å². The largest absolute Gasteiger partial charge is 0.491 e. The smallest absolute Gasteiger partial charge is 0.412 e. The molecule has 0 aromatic heterocycles. The summed E-state index contributed by atoms with van der Waals surface area (Å²) in [4.78, 5) is 23.7. The van der Waals surface area contributed by atoms with Crippen LogP contribution < -0.4 is 15.5 Å². The van der Waals surface area contributed by atoms with E-state index in [0.717, 1.165) is 18.2 Å². The summed E-state index contributed by atoms with van der Waals surface area (Å²) in [5.41, 5.74) is 1.67. The normalized spacial score (nSPS) is 12.8. The van der Waals surface area contributed by atoms with Crippen LogP contribution in [0.5, 0.6) is 5.75 Å². The van der Waals surface area contributed by atoms with Crippen molar-refractivity contribution in [1.29, 1.82) is 0 Å². The van der Waals surface area contributed by atoms with Crippen molar-refractivity contribution in [3.8, 4) is 5.75 Å². The molecular weight excluding hydrogens is 442 g/mol. The Morgan fingerprint density at radius 2 is 1.88 bits per heavy atom. The summed E-state index contributed by atoms with van der Waals surface area (Å²) in [7, 11) is 1.37. The Bertz CT molecular complexity index is 954. The van der Waals surface area contributed by atoms with Gasteiger partial charge in [0.15, 0.2) is 6.10 Å². The topological polar surface area (TPSA) is 126 Å². The fourth-order valence-electron chi connectivity index (χ4n) is 2.81. The molecule has 0 fully saturated rings. The molecule has 2 rings (SSSR count). The molecule has 0 heterocycles. The standard InChI is InChI=1S/C22H24F2N2O7/c1-31-19(3-2-4-20(28)26-30)21(14-5-8-16(9-6-14)32-12-11-27)33-22(29)25-18-10-7-15(23)13-17(18)24/h2,4-10,13,19,21,27,30H,3,11-12H2,1H3,(H,25,29)(H,26,28)/b4-2+/t19-,21-/m1/s1. The Morgan fingerprint density at radius 3 is 2.48 bits per heavy atom. The van der Waals surface area contributed by atoms with Crippen molar-refractivity contribution >= 4 is 17.7 Å². The molecule has 178 valence electrons. The van der Waals surface area contributed by atoms with Crippen LogP contribution in [-0.2, 0) is 14.3 Å². The van der Waals surface area contributed by atoms with Crippen molar-refractivity contribution in [2.75, 3.05) is 25.6 Å². The third-order valence-corrected chi connectivity index (χ3v) is 4.36. The number of hydrogen-bond acceptors (Lipinski definition) is 7. The first-order chi connectivity index (χ1) is 15.9. The number of carbonyl (C=O) groups is 2. The third kappa shape index (κ3) is 8.15. The highest BCUT2D eigenvalue weighted by molar-refractivity contribution is 5.86. The number of nitrogens with one attached hydrogen (secondary N) is 2. The summed E-state index contributed by atoms with van der Waals surface area (Å²) in [5, 5.41) is 19.7. The number of carbonyl (C=O) groups excluding carboxylic acids is 2. The van der Waals surface area contributed by atoms with Gasteiger partial charge in [0.25, 0.3) is 5.91 Å². The first-order valence-electron chi connectivity index (χ1n) is 9.77. The Kier molecular flexibility index (Phi) is 10.2. The zero-order valence-corrected chi connectivity index (χ0v) is 17.7.